The van der Waals surface area contributed by atoms with Crippen LogP contribution in [0, 0.1) is 6.92 Å². The molecule has 0 aliphatic carbocycles. The van der Waals surface area contributed by atoms with Crippen molar-refractivity contribution in [3.63, 3.8) is 0 Å². The zero-order chi connectivity index (χ0) is 24.6. The summed E-state index contributed by atoms with van der Waals surface area (Å²) in [5.41, 5.74) is 4.81. The first kappa shape index (κ1) is 23.2. The van der Waals surface area contributed by atoms with Crippen LogP contribution >= 0.6 is 11.3 Å². The molecule has 1 aromatic heterocycles. The van der Waals surface area contributed by atoms with Gasteiger partial charge < -0.3 is 4.74 Å². The number of thiazole rings is 1. The highest BCUT2D eigenvalue weighted by molar-refractivity contribution is 7.89. The molecular weight excluding hydrogens is 480 g/mol. The predicted octanol–water partition coefficient (Wildman–Crippen LogP) is 5.13. The van der Waals surface area contributed by atoms with Gasteiger partial charge in [-0.3, -0.25) is 5.01 Å². The summed E-state index contributed by atoms with van der Waals surface area (Å²) in [4.78, 5) is 5.92. The molecule has 3 aromatic carbocycles. The molecule has 0 spiro atoms. The van der Waals surface area contributed by atoms with Crippen LogP contribution < -0.4 is 14.9 Å². The van der Waals surface area contributed by atoms with Crippen molar-refractivity contribution in [3.05, 3.63) is 95.0 Å². The molecule has 0 bridgehead atoms. The van der Waals surface area contributed by atoms with Crippen molar-refractivity contribution >= 4 is 32.8 Å². The molecule has 1 aliphatic heterocycles. The van der Waals surface area contributed by atoms with Crippen LogP contribution in [-0.2, 0) is 10.0 Å². The second-order valence-electron chi connectivity index (χ2n) is 8.22. The summed E-state index contributed by atoms with van der Waals surface area (Å²) in [6.45, 7) is 2.01. The van der Waals surface area contributed by atoms with Crippen LogP contribution in [-0.4, -0.2) is 26.2 Å². The van der Waals surface area contributed by atoms with Gasteiger partial charge in [0.15, 0.2) is 0 Å². The summed E-state index contributed by atoms with van der Waals surface area (Å²) in [6.07, 6.45) is 0.681. The topological polar surface area (TPSA) is 97.9 Å². The Hall–Kier alpha value is -3.53. The van der Waals surface area contributed by atoms with Crippen molar-refractivity contribution in [3.8, 4) is 16.3 Å². The lowest BCUT2D eigenvalue weighted by Gasteiger charge is -2.24. The van der Waals surface area contributed by atoms with Crippen molar-refractivity contribution < 1.29 is 13.2 Å². The Morgan fingerprint density at radius 2 is 1.69 bits per heavy atom. The number of benzene rings is 3. The number of hydrogen-bond acceptors (Lipinski definition) is 7. The lowest BCUT2D eigenvalue weighted by molar-refractivity contribution is 0.414. The van der Waals surface area contributed by atoms with E-state index in [9.17, 15) is 8.42 Å². The maximum Gasteiger partial charge on any atom is 0.238 e. The Morgan fingerprint density at radius 1 is 1.00 bits per heavy atom. The van der Waals surface area contributed by atoms with E-state index in [4.69, 9.17) is 20.0 Å². The van der Waals surface area contributed by atoms with Crippen LogP contribution in [0.1, 0.15) is 28.6 Å². The number of aryl methyl sites for hydroxylation is 1. The summed E-state index contributed by atoms with van der Waals surface area (Å²) in [5.74, 6) is 0.780. The van der Waals surface area contributed by atoms with Crippen LogP contribution in [0.15, 0.2) is 88.9 Å². The number of primary sulfonamides is 1. The molecule has 7 nitrogen and oxygen atoms in total. The summed E-state index contributed by atoms with van der Waals surface area (Å²) in [7, 11) is -2.13. The molecule has 0 saturated carbocycles. The Morgan fingerprint density at radius 3 is 2.31 bits per heavy atom. The van der Waals surface area contributed by atoms with Gasteiger partial charge >= 0.3 is 0 Å². The van der Waals surface area contributed by atoms with Gasteiger partial charge in [0, 0.05) is 12.0 Å². The molecule has 5 rings (SSSR count). The smallest absolute Gasteiger partial charge is 0.238 e. The van der Waals surface area contributed by atoms with Gasteiger partial charge in [0.2, 0.25) is 10.0 Å². The van der Waals surface area contributed by atoms with Gasteiger partial charge in [-0.1, -0.05) is 42.5 Å². The van der Waals surface area contributed by atoms with E-state index < -0.39 is 10.0 Å². The Bertz CT molecular complexity index is 1480. The number of nitrogens with two attached hydrogens (primary N) is 1. The maximum absolute atomic E-state index is 11.7. The first-order valence-corrected chi connectivity index (χ1v) is 13.4. The van der Waals surface area contributed by atoms with Gasteiger partial charge in [0.05, 0.1) is 40.0 Å². The summed E-state index contributed by atoms with van der Waals surface area (Å²) in [6, 6.07) is 24.4. The van der Waals surface area contributed by atoms with E-state index in [1.807, 2.05) is 54.4 Å². The predicted molar refractivity (Wildman–Crippen MR) is 139 cm³/mol. The number of ether oxygens (including phenoxy) is 1. The standard InChI is InChI=1S/C26H24N4O3S2/c1-17-25(34-26(28-17)19-6-4-3-5-7-19)23-16-24(18-8-12-21(33-2)13-9-18)30(29-23)20-10-14-22(15-11-20)35(27,31)32/h3-15,24H,16H2,1-2H3,(H2,27,31,32)/t24-/m0/s1. The Balaban J connectivity index is 1.55. The number of aromatic nitrogens is 1. The highest BCUT2D eigenvalue weighted by atomic mass is 32.2. The SMILES string of the molecule is COc1ccc([C@@H]2CC(c3sc(-c4ccccc4)nc3C)=NN2c2ccc(S(N)(=O)=O)cc2)cc1. The molecule has 0 saturated heterocycles. The zero-order valence-electron chi connectivity index (χ0n) is 19.3. The molecule has 2 heterocycles. The minimum Gasteiger partial charge on any atom is -0.497 e. The van der Waals surface area contributed by atoms with Gasteiger partial charge in [-0.15, -0.1) is 11.3 Å². The van der Waals surface area contributed by atoms with E-state index in [1.54, 1.807) is 30.6 Å². The van der Waals surface area contributed by atoms with E-state index >= 15 is 0 Å². The van der Waals surface area contributed by atoms with Gasteiger partial charge in [0.25, 0.3) is 0 Å². The van der Waals surface area contributed by atoms with Crippen LogP contribution in [0.25, 0.3) is 10.6 Å². The highest BCUT2D eigenvalue weighted by Gasteiger charge is 2.32. The minimum atomic E-state index is -3.77. The maximum atomic E-state index is 11.7. The largest absolute Gasteiger partial charge is 0.497 e. The van der Waals surface area contributed by atoms with Crippen molar-refractivity contribution in [1.29, 1.82) is 0 Å². The molecule has 2 N–H and O–H groups in total. The average molecular weight is 505 g/mol. The fourth-order valence-electron chi connectivity index (χ4n) is 4.13. The molecule has 1 aliphatic rings. The fraction of sp³-hybridized carbons (Fsp3) is 0.154. The number of rotatable bonds is 6. The summed E-state index contributed by atoms with van der Waals surface area (Å²) in [5, 5.41) is 13.2. The number of nitrogens with zero attached hydrogens (tertiary/aromatic N) is 3. The zero-order valence-corrected chi connectivity index (χ0v) is 20.9. The number of anilines is 1. The van der Waals surface area contributed by atoms with E-state index in [-0.39, 0.29) is 10.9 Å². The number of hydrazone groups is 1. The number of sulfonamides is 1. The van der Waals surface area contributed by atoms with E-state index in [0.29, 0.717) is 6.42 Å². The van der Waals surface area contributed by atoms with Gasteiger partial charge in [0.1, 0.15) is 10.8 Å². The molecule has 9 heteroatoms. The monoisotopic (exact) mass is 504 g/mol. The lowest BCUT2D eigenvalue weighted by Crippen LogP contribution is -2.19. The van der Waals surface area contributed by atoms with Gasteiger partial charge in [-0.05, 0) is 48.9 Å². The second kappa shape index (κ2) is 9.26. The number of hydrogen-bond donors (Lipinski definition) is 1. The first-order valence-electron chi connectivity index (χ1n) is 11.0. The van der Waals surface area contributed by atoms with Crippen molar-refractivity contribution in [2.24, 2.45) is 10.2 Å². The Labute approximate surface area is 208 Å². The van der Waals surface area contributed by atoms with Crippen LogP contribution in [0.3, 0.4) is 0 Å². The molecule has 4 aromatic rings. The quantitative estimate of drug-likeness (QED) is 0.393. The van der Waals surface area contributed by atoms with Crippen molar-refractivity contribution in [2.45, 2.75) is 24.3 Å². The lowest BCUT2D eigenvalue weighted by atomic mass is 10.0. The van der Waals surface area contributed by atoms with Gasteiger partial charge in [-0.25, -0.2) is 18.5 Å². The Kier molecular flexibility index (Phi) is 6.14. The van der Waals surface area contributed by atoms with Gasteiger partial charge in [-0.2, -0.15) is 5.10 Å². The van der Waals surface area contributed by atoms with Crippen LogP contribution in [0.4, 0.5) is 5.69 Å². The molecular formula is C26H24N4O3S2. The number of methoxy groups -OCH3 is 1. The average Bonchev–Trinajstić information content (AvgIpc) is 3.48. The third-order valence-corrected chi connectivity index (χ3v) is 8.10. The third-order valence-electron chi connectivity index (χ3n) is 5.92. The van der Waals surface area contributed by atoms with Crippen molar-refractivity contribution in [2.75, 3.05) is 12.1 Å². The molecule has 178 valence electrons. The van der Waals surface area contributed by atoms with Crippen LogP contribution in [0.5, 0.6) is 5.75 Å². The molecule has 0 amide bonds. The molecule has 35 heavy (non-hydrogen) atoms. The molecule has 1 atom stereocenters. The first-order chi connectivity index (χ1) is 16.8. The third kappa shape index (κ3) is 4.70. The summed E-state index contributed by atoms with van der Waals surface area (Å²) >= 11 is 1.63. The van der Waals surface area contributed by atoms with E-state index in [1.165, 1.54) is 12.1 Å². The fourth-order valence-corrected chi connectivity index (χ4v) is 5.71. The van der Waals surface area contributed by atoms with E-state index in [0.717, 1.165) is 43.9 Å². The highest BCUT2D eigenvalue weighted by Crippen LogP contribution is 2.40. The molecule has 0 unspecified atom stereocenters. The molecule has 0 fully saturated rings. The van der Waals surface area contributed by atoms with Crippen molar-refractivity contribution in [1.82, 2.24) is 4.98 Å². The second-order valence-corrected chi connectivity index (χ2v) is 10.8. The van der Waals surface area contributed by atoms with Crippen LogP contribution in [0.2, 0.25) is 0 Å². The minimum absolute atomic E-state index is 0.0662. The normalized spacial score (nSPS) is 15.8. The summed E-state index contributed by atoms with van der Waals surface area (Å²) < 4.78 is 28.8. The van der Waals surface area contributed by atoms with E-state index in [2.05, 4.69) is 12.1 Å². The molecule has 0 radical (unpaired) electrons.